The molecule has 1 N–H and O–H groups in total. The second kappa shape index (κ2) is 8.83. The van der Waals surface area contributed by atoms with Gasteiger partial charge in [0.2, 0.25) is 0 Å². The number of aryl methyl sites for hydroxylation is 1. The molecular weight excluding hydrogens is 455 g/mol. The summed E-state index contributed by atoms with van der Waals surface area (Å²) in [6.45, 7) is 2.93. The third kappa shape index (κ3) is 4.10. The normalized spacial score (nSPS) is 14.8. The van der Waals surface area contributed by atoms with Crippen LogP contribution < -0.4 is 4.90 Å². The first kappa shape index (κ1) is 22.0. The number of aromatic hydroxyl groups is 1. The molecule has 0 saturated carbocycles. The van der Waals surface area contributed by atoms with Crippen molar-refractivity contribution >= 4 is 39.9 Å². The first-order chi connectivity index (χ1) is 16.4. The van der Waals surface area contributed by atoms with Gasteiger partial charge >= 0.3 is 0 Å². The number of benzene rings is 3. The zero-order valence-corrected chi connectivity index (χ0v) is 19.1. The molecule has 0 bridgehead atoms. The average molecular weight is 475 g/mol. The molecule has 3 aromatic carbocycles. The Bertz CT molecular complexity index is 1450. The zero-order chi connectivity index (χ0) is 23.8. The van der Waals surface area contributed by atoms with Crippen LogP contribution in [0.2, 0.25) is 5.02 Å². The maximum atomic E-state index is 14.1. The predicted molar refractivity (Wildman–Crippen MR) is 131 cm³/mol. The highest BCUT2D eigenvalue weighted by Crippen LogP contribution is 2.33. The zero-order valence-electron chi connectivity index (χ0n) is 18.3. The second-order valence-corrected chi connectivity index (χ2v) is 8.57. The van der Waals surface area contributed by atoms with Gasteiger partial charge in [-0.25, -0.2) is 19.4 Å². The smallest absolute Gasteiger partial charge is 0.281 e. The number of aromatic nitrogens is 2. The van der Waals surface area contributed by atoms with E-state index >= 15 is 0 Å². The standard InChI is InChI=1S/C26H20ClFN4O2/c1-15-9-10-17-21(13-15)30-24(18-5-2-3-8-22(18)33)31-25(17)32-12-11-16(14-32)29-26(34)23-19(27)6-4-7-20(23)28/h2-10,13,33H,11-12,14H2,1H3. The van der Waals surface area contributed by atoms with Crippen LogP contribution in [0.5, 0.6) is 5.75 Å². The molecular formula is C26H20ClFN4O2. The highest BCUT2D eigenvalue weighted by atomic mass is 35.5. The van der Waals surface area contributed by atoms with Gasteiger partial charge in [0.1, 0.15) is 17.4 Å². The lowest BCUT2D eigenvalue weighted by Gasteiger charge is -2.19. The number of rotatable bonds is 3. The van der Waals surface area contributed by atoms with Crippen molar-refractivity contribution in [3.8, 4) is 17.1 Å². The van der Waals surface area contributed by atoms with Gasteiger partial charge in [-0.1, -0.05) is 35.9 Å². The highest BCUT2D eigenvalue weighted by Gasteiger charge is 2.25. The Morgan fingerprint density at radius 3 is 2.74 bits per heavy atom. The number of para-hydroxylation sites is 1. The van der Waals surface area contributed by atoms with Crippen molar-refractivity contribution in [2.24, 2.45) is 4.99 Å². The fourth-order valence-corrected chi connectivity index (χ4v) is 4.31. The first-order valence-corrected chi connectivity index (χ1v) is 11.1. The van der Waals surface area contributed by atoms with Crippen molar-refractivity contribution in [3.05, 3.63) is 82.6 Å². The van der Waals surface area contributed by atoms with Crippen molar-refractivity contribution < 1.29 is 14.3 Å². The van der Waals surface area contributed by atoms with Gasteiger partial charge < -0.3 is 10.0 Å². The number of anilines is 1. The number of aliphatic imine (C=N–C) groups is 1. The number of phenolic OH excluding ortho intramolecular Hbond substituents is 1. The lowest BCUT2D eigenvalue weighted by atomic mass is 10.1. The number of hydrogen-bond donors (Lipinski definition) is 1. The summed E-state index contributed by atoms with van der Waals surface area (Å²) in [5.41, 5.74) is 2.73. The molecule has 0 atom stereocenters. The van der Waals surface area contributed by atoms with E-state index in [2.05, 4.69) is 9.98 Å². The maximum absolute atomic E-state index is 14.1. The molecule has 34 heavy (non-hydrogen) atoms. The Labute approximate surface area is 200 Å². The lowest BCUT2D eigenvalue weighted by molar-refractivity contribution is 0.0999. The minimum atomic E-state index is -0.696. The van der Waals surface area contributed by atoms with E-state index < -0.39 is 11.7 Å². The summed E-state index contributed by atoms with van der Waals surface area (Å²) < 4.78 is 14.1. The monoisotopic (exact) mass is 474 g/mol. The molecule has 1 aliphatic rings. The van der Waals surface area contributed by atoms with Gasteiger partial charge in [0, 0.05) is 24.1 Å². The van der Waals surface area contributed by atoms with Gasteiger partial charge in [-0.2, -0.15) is 0 Å². The van der Waals surface area contributed by atoms with Crippen molar-refractivity contribution in [1.29, 1.82) is 0 Å². The number of phenols is 1. The summed E-state index contributed by atoms with van der Waals surface area (Å²) in [7, 11) is 0. The van der Waals surface area contributed by atoms with E-state index in [0.717, 1.165) is 16.5 Å². The fraction of sp³-hybridized carbons (Fsp3) is 0.154. The quantitative estimate of drug-likeness (QED) is 0.418. The minimum absolute atomic E-state index is 0.0358. The molecule has 1 saturated heterocycles. The molecule has 8 heteroatoms. The number of carbonyl (C=O) groups excluding carboxylic acids is 1. The van der Waals surface area contributed by atoms with Crippen LogP contribution in [0.1, 0.15) is 22.3 Å². The molecule has 6 nitrogen and oxygen atoms in total. The van der Waals surface area contributed by atoms with Gasteiger partial charge in [0.25, 0.3) is 5.91 Å². The van der Waals surface area contributed by atoms with Crippen LogP contribution in [0.15, 0.2) is 65.7 Å². The largest absolute Gasteiger partial charge is 0.507 e. The topological polar surface area (TPSA) is 78.7 Å². The van der Waals surface area contributed by atoms with E-state index in [1.807, 2.05) is 36.1 Å². The highest BCUT2D eigenvalue weighted by molar-refractivity contribution is 6.34. The van der Waals surface area contributed by atoms with Crippen LogP contribution in [0.25, 0.3) is 22.3 Å². The van der Waals surface area contributed by atoms with Crippen LogP contribution >= 0.6 is 11.6 Å². The predicted octanol–water partition coefficient (Wildman–Crippen LogP) is 5.59. The van der Waals surface area contributed by atoms with E-state index in [0.29, 0.717) is 42.4 Å². The summed E-state index contributed by atoms with van der Waals surface area (Å²) in [5.74, 6) is -0.202. The number of fused-ring (bicyclic) bond motifs is 1. The SMILES string of the molecule is Cc1ccc2c(N3CCC(=NC(=O)c4c(F)cccc4Cl)C3)nc(-c3ccccc3O)nc2c1. The third-order valence-corrected chi connectivity index (χ3v) is 6.07. The fourth-order valence-electron chi connectivity index (χ4n) is 4.06. The Hall–Kier alpha value is -3.84. The number of nitrogens with zero attached hydrogens (tertiary/aromatic N) is 4. The Morgan fingerprint density at radius 1 is 1.12 bits per heavy atom. The van der Waals surface area contributed by atoms with E-state index in [-0.39, 0.29) is 16.3 Å². The van der Waals surface area contributed by atoms with Crippen LogP contribution in [-0.4, -0.2) is 39.8 Å². The summed E-state index contributed by atoms with van der Waals surface area (Å²) >= 11 is 6.02. The van der Waals surface area contributed by atoms with E-state index in [1.54, 1.807) is 18.2 Å². The molecule has 1 aromatic heterocycles. The Balaban J connectivity index is 1.53. The van der Waals surface area contributed by atoms with Crippen LogP contribution in [0.4, 0.5) is 10.2 Å². The van der Waals surface area contributed by atoms with E-state index in [4.69, 9.17) is 16.6 Å². The summed E-state index contributed by atoms with van der Waals surface area (Å²) in [6.07, 6.45) is 0.529. The van der Waals surface area contributed by atoms with Gasteiger partial charge in [0.15, 0.2) is 5.82 Å². The summed E-state index contributed by atoms with van der Waals surface area (Å²) in [6, 6.07) is 17.0. The molecule has 0 spiro atoms. The van der Waals surface area contributed by atoms with Crippen molar-refractivity contribution in [3.63, 3.8) is 0 Å². The molecule has 1 aliphatic heterocycles. The molecule has 5 rings (SSSR count). The summed E-state index contributed by atoms with van der Waals surface area (Å²) in [4.78, 5) is 28.3. The maximum Gasteiger partial charge on any atom is 0.281 e. The van der Waals surface area contributed by atoms with Gasteiger partial charge in [-0.05, 0) is 48.9 Å². The van der Waals surface area contributed by atoms with Crippen LogP contribution in [0, 0.1) is 12.7 Å². The Kier molecular flexibility index (Phi) is 5.71. The van der Waals surface area contributed by atoms with Gasteiger partial charge in [-0.3, -0.25) is 4.79 Å². The molecule has 0 radical (unpaired) electrons. The van der Waals surface area contributed by atoms with Gasteiger partial charge in [-0.15, -0.1) is 0 Å². The van der Waals surface area contributed by atoms with Gasteiger partial charge in [0.05, 0.1) is 28.2 Å². The van der Waals surface area contributed by atoms with Crippen LogP contribution in [-0.2, 0) is 0 Å². The first-order valence-electron chi connectivity index (χ1n) is 10.8. The van der Waals surface area contributed by atoms with Crippen molar-refractivity contribution in [2.45, 2.75) is 13.3 Å². The molecule has 1 fully saturated rings. The minimum Gasteiger partial charge on any atom is -0.507 e. The average Bonchev–Trinajstić information content (AvgIpc) is 3.26. The van der Waals surface area contributed by atoms with Crippen molar-refractivity contribution in [2.75, 3.05) is 18.0 Å². The third-order valence-electron chi connectivity index (χ3n) is 5.76. The van der Waals surface area contributed by atoms with Crippen LogP contribution in [0.3, 0.4) is 0 Å². The number of halogens is 2. The number of carbonyl (C=O) groups is 1. The second-order valence-electron chi connectivity index (χ2n) is 8.16. The lowest BCUT2D eigenvalue weighted by Crippen LogP contribution is -2.22. The molecule has 0 aliphatic carbocycles. The Morgan fingerprint density at radius 2 is 1.94 bits per heavy atom. The molecule has 2 heterocycles. The number of hydrogen-bond acceptors (Lipinski definition) is 5. The molecule has 170 valence electrons. The van der Waals surface area contributed by atoms with E-state index in [9.17, 15) is 14.3 Å². The van der Waals surface area contributed by atoms with E-state index in [1.165, 1.54) is 18.2 Å². The molecule has 0 unspecified atom stereocenters. The van der Waals surface area contributed by atoms with Crippen molar-refractivity contribution in [1.82, 2.24) is 9.97 Å². The molecule has 1 amide bonds. The molecule has 4 aromatic rings. The number of amides is 1. The summed E-state index contributed by atoms with van der Waals surface area (Å²) in [5, 5.41) is 11.2.